The highest BCUT2D eigenvalue weighted by Crippen LogP contribution is 2.27. The van der Waals surface area contributed by atoms with Gasteiger partial charge >= 0.3 is 5.97 Å². The van der Waals surface area contributed by atoms with Crippen LogP contribution >= 0.6 is 0 Å². The van der Waals surface area contributed by atoms with Crippen LogP contribution < -0.4 is 5.73 Å². The summed E-state index contributed by atoms with van der Waals surface area (Å²) in [5.41, 5.74) is 8.88. The molecule has 1 atom stereocenters. The second-order valence-corrected chi connectivity index (χ2v) is 6.16. The van der Waals surface area contributed by atoms with Gasteiger partial charge in [0.2, 0.25) is 0 Å². The van der Waals surface area contributed by atoms with Gasteiger partial charge in [0, 0.05) is 24.3 Å². The number of benzene rings is 2. The molecule has 2 aromatic rings. The molecule has 1 fully saturated rings. The van der Waals surface area contributed by atoms with Gasteiger partial charge in [-0.05, 0) is 42.7 Å². The zero-order valence-electron chi connectivity index (χ0n) is 14.3. The molecule has 130 valence electrons. The number of likely N-dealkylation sites (tertiary alicyclic amines) is 1. The standard InChI is InChI=1S/C20H22N2O3/c1-2-25-20(24)15-11-12-22(13-15)19(23)18-6-4-3-5-17(18)14-7-9-16(21)10-8-14/h3-10,15H,2,11-13,21H2,1H3. The minimum absolute atomic E-state index is 0.0563. The van der Waals surface area contributed by atoms with Crippen LogP contribution in [-0.2, 0) is 9.53 Å². The highest BCUT2D eigenvalue weighted by atomic mass is 16.5. The van der Waals surface area contributed by atoms with Gasteiger partial charge < -0.3 is 15.4 Å². The predicted octanol–water partition coefficient (Wildman–Crippen LogP) is 2.96. The summed E-state index contributed by atoms with van der Waals surface area (Å²) in [4.78, 5) is 26.6. The van der Waals surface area contributed by atoms with Crippen molar-refractivity contribution >= 4 is 17.6 Å². The third-order valence-corrected chi connectivity index (χ3v) is 4.47. The van der Waals surface area contributed by atoms with Crippen molar-refractivity contribution in [1.29, 1.82) is 0 Å². The van der Waals surface area contributed by atoms with Gasteiger partial charge in [-0.3, -0.25) is 9.59 Å². The van der Waals surface area contributed by atoms with E-state index in [0.717, 1.165) is 11.1 Å². The molecular formula is C20H22N2O3. The molecule has 0 aliphatic carbocycles. The maximum Gasteiger partial charge on any atom is 0.310 e. The fourth-order valence-electron chi connectivity index (χ4n) is 3.15. The maximum absolute atomic E-state index is 13.0. The van der Waals surface area contributed by atoms with Crippen molar-refractivity contribution in [2.24, 2.45) is 5.92 Å². The SMILES string of the molecule is CCOC(=O)C1CCN(C(=O)c2ccccc2-c2ccc(N)cc2)C1. The van der Waals surface area contributed by atoms with Crippen molar-refractivity contribution in [3.8, 4) is 11.1 Å². The number of rotatable bonds is 4. The quantitative estimate of drug-likeness (QED) is 0.687. The topological polar surface area (TPSA) is 72.6 Å². The molecule has 0 saturated carbocycles. The first-order valence-corrected chi connectivity index (χ1v) is 8.51. The number of esters is 1. The molecule has 1 unspecified atom stereocenters. The Hall–Kier alpha value is -2.82. The number of carbonyl (C=O) groups is 2. The second-order valence-electron chi connectivity index (χ2n) is 6.16. The second kappa shape index (κ2) is 7.38. The van der Waals surface area contributed by atoms with E-state index in [0.29, 0.717) is 37.4 Å². The lowest BCUT2D eigenvalue weighted by molar-refractivity contribution is -0.147. The van der Waals surface area contributed by atoms with E-state index < -0.39 is 0 Å². The third-order valence-electron chi connectivity index (χ3n) is 4.47. The molecule has 0 radical (unpaired) electrons. The van der Waals surface area contributed by atoms with Crippen molar-refractivity contribution in [2.75, 3.05) is 25.4 Å². The number of hydrogen-bond donors (Lipinski definition) is 1. The Morgan fingerprint density at radius 3 is 2.60 bits per heavy atom. The van der Waals surface area contributed by atoms with Crippen LogP contribution in [-0.4, -0.2) is 36.5 Å². The van der Waals surface area contributed by atoms with Crippen LogP contribution in [0.25, 0.3) is 11.1 Å². The van der Waals surface area contributed by atoms with E-state index in [1.54, 1.807) is 11.8 Å². The zero-order chi connectivity index (χ0) is 17.8. The lowest BCUT2D eigenvalue weighted by atomic mass is 9.98. The third kappa shape index (κ3) is 3.65. The molecule has 0 spiro atoms. The highest BCUT2D eigenvalue weighted by molar-refractivity contribution is 6.01. The summed E-state index contributed by atoms with van der Waals surface area (Å²) in [6.07, 6.45) is 0.647. The molecule has 25 heavy (non-hydrogen) atoms. The summed E-state index contributed by atoms with van der Waals surface area (Å²) in [6.45, 7) is 3.13. The smallest absolute Gasteiger partial charge is 0.310 e. The molecule has 3 rings (SSSR count). The van der Waals surface area contributed by atoms with E-state index >= 15 is 0 Å². The van der Waals surface area contributed by atoms with Crippen molar-refractivity contribution in [2.45, 2.75) is 13.3 Å². The van der Waals surface area contributed by atoms with Crippen molar-refractivity contribution in [1.82, 2.24) is 4.90 Å². The van der Waals surface area contributed by atoms with E-state index in [1.807, 2.05) is 48.5 Å². The van der Waals surface area contributed by atoms with Crippen LogP contribution in [0.2, 0.25) is 0 Å². The number of nitrogens with zero attached hydrogens (tertiary/aromatic N) is 1. The fourth-order valence-corrected chi connectivity index (χ4v) is 3.15. The molecule has 5 nitrogen and oxygen atoms in total. The molecule has 5 heteroatoms. The Labute approximate surface area is 147 Å². The Balaban J connectivity index is 1.82. The van der Waals surface area contributed by atoms with Crippen LogP contribution in [0.1, 0.15) is 23.7 Å². The summed E-state index contributed by atoms with van der Waals surface area (Å²) < 4.78 is 5.08. The molecule has 0 bridgehead atoms. The van der Waals surface area contributed by atoms with Gasteiger partial charge in [0.25, 0.3) is 5.91 Å². The van der Waals surface area contributed by atoms with Gasteiger partial charge in [-0.25, -0.2) is 0 Å². The Morgan fingerprint density at radius 1 is 1.16 bits per heavy atom. The van der Waals surface area contributed by atoms with E-state index in [-0.39, 0.29) is 17.8 Å². The number of amides is 1. The summed E-state index contributed by atoms with van der Waals surface area (Å²) in [6, 6.07) is 15.0. The van der Waals surface area contributed by atoms with Crippen LogP contribution in [0.5, 0.6) is 0 Å². The minimum atomic E-state index is -0.229. The van der Waals surface area contributed by atoms with Gasteiger partial charge in [0.1, 0.15) is 0 Å². The van der Waals surface area contributed by atoms with E-state index in [2.05, 4.69) is 0 Å². The number of anilines is 1. The molecule has 1 saturated heterocycles. The first kappa shape index (κ1) is 17.0. The number of ether oxygens (including phenoxy) is 1. The van der Waals surface area contributed by atoms with Crippen LogP contribution in [0.15, 0.2) is 48.5 Å². The van der Waals surface area contributed by atoms with Crippen molar-refractivity contribution in [3.05, 3.63) is 54.1 Å². The lowest BCUT2D eigenvalue weighted by Crippen LogP contribution is -2.30. The normalized spacial score (nSPS) is 16.7. The summed E-state index contributed by atoms with van der Waals surface area (Å²) >= 11 is 0. The molecule has 2 aromatic carbocycles. The van der Waals surface area contributed by atoms with Gasteiger partial charge in [0.15, 0.2) is 0 Å². The molecule has 1 aliphatic rings. The van der Waals surface area contributed by atoms with E-state index in [4.69, 9.17) is 10.5 Å². The first-order chi connectivity index (χ1) is 12.1. The Kier molecular flexibility index (Phi) is 5.03. The molecular weight excluding hydrogens is 316 g/mol. The summed E-state index contributed by atoms with van der Waals surface area (Å²) in [7, 11) is 0. The molecule has 0 aromatic heterocycles. The largest absolute Gasteiger partial charge is 0.466 e. The zero-order valence-corrected chi connectivity index (χ0v) is 14.3. The molecule has 2 N–H and O–H groups in total. The Morgan fingerprint density at radius 2 is 1.88 bits per heavy atom. The van der Waals surface area contributed by atoms with Crippen molar-refractivity contribution < 1.29 is 14.3 Å². The predicted molar refractivity (Wildman–Crippen MR) is 96.9 cm³/mol. The minimum Gasteiger partial charge on any atom is -0.466 e. The maximum atomic E-state index is 13.0. The highest BCUT2D eigenvalue weighted by Gasteiger charge is 2.33. The number of hydrogen-bond acceptors (Lipinski definition) is 4. The number of nitrogens with two attached hydrogens (primary N) is 1. The van der Waals surface area contributed by atoms with Gasteiger partial charge in [-0.1, -0.05) is 30.3 Å². The summed E-state index contributed by atoms with van der Waals surface area (Å²) in [5, 5.41) is 0. The number of nitrogen functional groups attached to an aromatic ring is 1. The monoisotopic (exact) mass is 338 g/mol. The van der Waals surface area contributed by atoms with E-state index in [1.165, 1.54) is 0 Å². The van der Waals surface area contributed by atoms with Gasteiger partial charge in [0.05, 0.1) is 12.5 Å². The lowest BCUT2D eigenvalue weighted by Gasteiger charge is -2.18. The average Bonchev–Trinajstić information content (AvgIpc) is 3.12. The van der Waals surface area contributed by atoms with Crippen molar-refractivity contribution in [3.63, 3.8) is 0 Å². The van der Waals surface area contributed by atoms with Gasteiger partial charge in [-0.15, -0.1) is 0 Å². The molecule has 1 aliphatic heterocycles. The molecule has 1 amide bonds. The van der Waals surface area contributed by atoms with E-state index in [9.17, 15) is 9.59 Å². The average molecular weight is 338 g/mol. The fraction of sp³-hybridized carbons (Fsp3) is 0.300. The first-order valence-electron chi connectivity index (χ1n) is 8.51. The number of carbonyl (C=O) groups excluding carboxylic acids is 2. The Bertz CT molecular complexity index is 771. The van der Waals surface area contributed by atoms with Crippen LogP contribution in [0.3, 0.4) is 0 Å². The molecule has 1 heterocycles. The van der Waals surface area contributed by atoms with Crippen LogP contribution in [0, 0.1) is 5.92 Å². The van der Waals surface area contributed by atoms with Gasteiger partial charge in [-0.2, -0.15) is 0 Å². The summed E-state index contributed by atoms with van der Waals surface area (Å²) in [5.74, 6) is -0.503. The van der Waals surface area contributed by atoms with Crippen LogP contribution in [0.4, 0.5) is 5.69 Å².